The Kier molecular flexibility index (Phi) is 17.9. The van der Waals surface area contributed by atoms with Crippen molar-refractivity contribution in [3.8, 4) is 0 Å². The van der Waals surface area contributed by atoms with Gasteiger partial charge in [-0.2, -0.15) is 5.06 Å². The van der Waals surface area contributed by atoms with Crippen LogP contribution in [0.3, 0.4) is 0 Å². The first-order chi connectivity index (χ1) is 10.3. The van der Waals surface area contributed by atoms with Crippen molar-refractivity contribution in [2.75, 3.05) is 13.6 Å². The summed E-state index contributed by atoms with van der Waals surface area (Å²) in [6.07, 6.45) is 22.4. The molecular weight excluding hydrogens is 258 g/mol. The molecule has 0 spiro atoms. The SMILES string of the molecule is CCCCCCCCCCCCCCCCCCN(C)O. The summed E-state index contributed by atoms with van der Waals surface area (Å²) in [5.41, 5.74) is 0. The van der Waals surface area contributed by atoms with Gasteiger partial charge in [-0.25, -0.2) is 0 Å². The topological polar surface area (TPSA) is 23.5 Å². The van der Waals surface area contributed by atoms with E-state index in [1.54, 1.807) is 7.05 Å². The lowest BCUT2D eigenvalue weighted by Crippen LogP contribution is -2.13. The summed E-state index contributed by atoms with van der Waals surface area (Å²) < 4.78 is 0. The molecule has 21 heavy (non-hydrogen) atoms. The first-order valence-electron chi connectivity index (χ1n) is 9.67. The Morgan fingerprint density at radius 3 is 1.10 bits per heavy atom. The number of rotatable bonds is 17. The largest absolute Gasteiger partial charge is 0.314 e. The number of hydroxylamine groups is 2. The Balaban J connectivity index is 2.93. The Bertz CT molecular complexity index is 182. The van der Waals surface area contributed by atoms with Crippen molar-refractivity contribution in [1.82, 2.24) is 5.06 Å². The summed E-state index contributed by atoms with van der Waals surface area (Å²) in [5.74, 6) is 0. The standard InChI is InChI=1S/C19H41NO/c1-3-4-5-6-7-8-9-10-11-12-13-14-15-16-17-18-19-20(2)21/h21H,3-19H2,1-2H3. The lowest BCUT2D eigenvalue weighted by molar-refractivity contribution is -0.0655. The molecule has 0 aromatic carbocycles. The summed E-state index contributed by atoms with van der Waals surface area (Å²) in [5, 5.41) is 10.3. The van der Waals surface area contributed by atoms with Gasteiger partial charge in [0.25, 0.3) is 0 Å². The zero-order chi connectivity index (χ0) is 15.6. The van der Waals surface area contributed by atoms with E-state index in [1.165, 1.54) is 101 Å². The third-order valence-corrected chi connectivity index (χ3v) is 4.34. The van der Waals surface area contributed by atoms with Crippen molar-refractivity contribution in [3.63, 3.8) is 0 Å². The fourth-order valence-electron chi connectivity index (χ4n) is 2.89. The highest BCUT2D eigenvalue weighted by molar-refractivity contribution is 4.50. The van der Waals surface area contributed by atoms with Gasteiger partial charge >= 0.3 is 0 Å². The van der Waals surface area contributed by atoms with Gasteiger partial charge in [0.05, 0.1) is 0 Å². The number of nitrogens with zero attached hydrogens (tertiary/aromatic N) is 1. The maximum Gasteiger partial charge on any atom is 0.0235 e. The third kappa shape index (κ3) is 19.9. The molecule has 0 aliphatic heterocycles. The van der Waals surface area contributed by atoms with E-state index in [2.05, 4.69) is 6.92 Å². The van der Waals surface area contributed by atoms with Gasteiger partial charge in [0, 0.05) is 13.6 Å². The second kappa shape index (κ2) is 18.0. The Hall–Kier alpha value is -0.0800. The summed E-state index contributed by atoms with van der Waals surface area (Å²) in [6, 6.07) is 0. The quantitative estimate of drug-likeness (QED) is 0.242. The van der Waals surface area contributed by atoms with E-state index in [0.29, 0.717) is 0 Å². The van der Waals surface area contributed by atoms with Crippen LogP contribution in [-0.2, 0) is 0 Å². The van der Waals surface area contributed by atoms with E-state index in [-0.39, 0.29) is 0 Å². The highest BCUT2D eigenvalue weighted by Crippen LogP contribution is 2.13. The first-order valence-corrected chi connectivity index (χ1v) is 9.67. The van der Waals surface area contributed by atoms with Crippen molar-refractivity contribution in [3.05, 3.63) is 0 Å². The van der Waals surface area contributed by atoms with Crippen LogP contribution in [0.15, 0.2) is 0 Å². The van der Waals surface area contributed by atoms with Gasteiger partial charge in [-0.3, -0.25) is 0 Å². The van der Waals surface area contributed by atoms with E-state index < -0.39 is 0 Å². The van der Waals surface area contributed by atoms with Gasteiger partial charge < -0.3 is 5.21 Å². The van der Waals surface area contributed by atoms with Crippen molar-refractivity contribution in [2.45, 2.75) is 110 Å². The maximum absolute atomic E-state index is 9.00. The summed E-state index contributed by atoms with van der Waals surface area (Å²) in [6.45, 7) is 3.10. The van der Waals surface area contributed by atoms with Crippen molar-refractivity contribution in [1.29, 1.82) is 0 Å². The molecule has 0 amide bonds. The molecule has 0 bridgehead atoms. The van der Waals surface area contributed by atoms with Crippen LogP contribution in [-0.4, -0.2) is 23.9 Å². The smallest absolute Gasteiger partial charge is 0.0235 e. The lowest BCUT2D eigenvalue weighted by atomic mass is 10.0. The Morgan fingerprint density at radius 2 is 0.810 bits per heavy atom. The first kappa shape index (κ1) is 20.9. The molecule has 0 atom stereocenters. The van der Waals surface area contributed by atoms with E-state index in [4.69, 9.17) is 5.21 Å². The Labute approximate surface area is 134 Å². The minimum atomic E-state index is 0.818. The minimum absolute atomic E-state index is 0.818. The van der Waals surface area contributed by atoms with Gasteiger partial charge in [0.1, 0.15) is 0 Å². The average molecular weight is 300 g/mol. The molecule has 1 N–H and O–H groups in total. The van der Waals surface area contributed by atoms with Gasteiger partial charge in [-0.05, 0) is 6.42 Å². The zero-order valence-corrected chi connectivity index (χ0v) is 14.9. The predicted molar refractivity (Wildman–Crippen MR) is 94.0 cm³/mol. The van der Waals surface area contributed by atoms with Gasteiger partial charge in [0.15, 0.2) is 0 Å². The molecule has 0 unspecified atom stereocenters. The summed E-state index contributed by atoms with van der Waals surface area (Å²) in [4.78, 5) is 0. The minimum Gasteiger partial charge on any atom is -0.314 e. The lowest BCUT2D eigenvalue weighted by Gasteiger charge is -2.07. The van der Waals surface area contributed by atoms with Crippen LogP contribution < -0.4 is 0 Å². The highest BCUT2D eigenvalue weighted by atomic mass is 16.5. The summed E-state index contributed by atoms with van der Waals surface area (Å²) in [7, 11) is 1.73. The molecule has 0 fully saturated rings. The van der Waals surface area contributed by atoms with Crippen LogP contribution in [0.2, 0.25) is 0 Å². The number of hydrogen-bond acceptors (Lipinski definition) is 2. The number of hydrogen-bond donors (Lipinski definition) is 1. The van der Waals surface area contributed by atoms with Crippen molar-refractivity contribution < 1.29 is 5.21 Å². The molecule has 2 heteroatoms. The van der Waals surface area contributed by atoms with Crippen molar-refractivity contribution in [2.24, 2.45) is 0 Å². The fourth-order valence-corrected chi connectivity index (χ4v) is 2.89. The second-order valence-corrected chi connectivity index (χ2v) is 6.68. The molecule has 128 valence electrons. The maximum atomic E-state index is 9.00. The van der Waals surface area contributed by atoms with E-state index in [0.717, 1.165) is 13.0 Å². The van der Waals surface area contributed by atoms with Crippen molar-refractivity contribution >= 4 is 0 Å². The van der Waals surface area contributed by atoms with Crippen LogP contribution in [0.1, 0.15) is 110 Å². The van der Waals surface area contributed by atoms with E-state index in [1.807, 2.05) is 0 Å². The van der Waals surface area contributed by atoms with E-state index >= 15 is 0 Å². The molecule has 0 radical (unpaired) electrons. The molecule has 0 heterocycles. The predicted octanol–water partition coefficient (Wildman–Crippen LogP) is 6.57. The molecule has 0 aromatic rings. The molecule has 0 aliphatic rings. The molecule has 0 saturated carbocycles. The molecule has 0 rings (SSSR count). The van der Waals surface area contributed by atoms with Crippen LogP contribution in [0.4, 0.5) is 0 Å². The molecule has 0 aromatic heterocycles. The molecule has 0 saturated heterocycles. The molecule has 2 nitrogen and oxygen atoms in total. The summed E-state index contributed by atoms with van der Waals surface area (Å²) >= 11 is 0. The van der Waals surface area contributed by atoms with E-state index in [9.17, 15) is 0 Å². The monoisotopic (exact) mass is 299 g/mol. The van der Waals surface area contributed by atoms with Crippen LogP contribution >= 0.6 is 0 Å². The average Bonchev–Trinajstić information content (AvgIpc) is 2.46. The Morgan fingerprint density at radius 1 is 0.524 bits per heavy atom. The zero-order valence-electron chi connectivity index (χ0n) is 14.9. The second-order valence-electron chi connectivity index (χ2n) is 6.68. The van der Waals surface area contributed by atoms with Crippen LogP contribution in [0.5, 0.6) is 0 Å². The van der Waals surface area contributed by atoms with Crippen LogP contribution in [0, 0.1) is 0 Å². The fraction of sp³-hybridized carbons (Fsp3) is 1.00. The van der Waals surface area contributed by atoms with Gasteiger partial charge in [-0.1, -0.05) is 103 Å². The van der Waals surface area contributed by atoms with Gasteiger partial charge in [0.2, 0.25) is 0 Å². The highest BCUT2D eigenvalue weighted by Gasteiger charge is 1.95. The van der Waals surface area contributed by atoms with Crippen LogP contribution in [0.25, 0.3) is 0 Å². The normalized spacial score (nSPS) is 11.4. The third-order valence-electron chi connectivity index (χ3n) is 4.34. The van der Waals surface area contributed by atoms with Gasteiger partial charge in [-0.15, -0.1) is 0 Å². The molecule has 0 aliphatic carbocycles. The molecular formula is C19H41NO. The number of unbranched alkanes of at least 4 members (excludes halogenated alkanes) is 15.